The van der Waals surface area contributed by atoms with Crippen LogP contribution in [0.1, 0.15) is 33.3 Å². The van der Waals surface area contributed by atoms with Gasteiger partial charge in [-0.25, -0.2) is 4.79 Å². The molecule has 0 aliphatic rings. The maximum absolute atomic E-state index is 12.5. The molecule has 0 aromatic heterocycles. The van der Waals surface area contributed by atoms with Crippen LogP contribution < -0.4 is 48.3 Å². The van der Waals surface area contributed by atoms with E-state index in [1.54, 1.807) is 0 Å². The number of aromatic hydroxyl groups is 1. The van der Waals surface area contributed by atoms with Gasteiger partial charge >= 0.3 is 5.97 Å². The number of aliphatic carboxylic acids is 1. The van der Waals surface area contributed by atoms with Gasteiger partial charge in [-0.1, -0.05) is 12.1 Å². The molecule has 20 nitrogen and oxygen atoms in total. The van der Waals surface area contributed by atoms with Gasteiger partial charge in [0.1, 0.15) is 36.0 Å². The SMILES string of the molecule is C[C@H](NC(=O)CN)C(=O)NCC(=O)N[C@@H](C)C(=O)NCC(=O)N[C@@H](C)C(=O)N[C@@H](C)C(=O)NCC(=O)N[C@@H](Cc1ccc(O)cc1)C(=O)O. The van der Waals surface area contributed by atoms with Gasteiger partial charge in [0.25, 0.3) is 0 Å². The summed E-state index contributed by atoms with van der Waals surface area (Å²) in [4.78, 5) is 108. The van der Waals surface area contributed by atoms with Crippen molar-refractivity contribution in [2.75, 3.05) is 26.2 Å². The van der Waals surface area contributed by atoms with Crippen molar-refractivity contribution in [3.05, 3.63) is 29.8 Å². The summed E-state index contributed by atoms with van der Waals surface area (Å²) in [5.41, 5.74) is 5.69. The molecule has 1 rings (SSSR count). The predicted octanol–water partition coefficient (Wildman–Crippen LogP) is -5.17. The minimum absolute atomic E-state index is 0.00888. The molecule has 0 fully saturated rings. The molecular formula is C29H43N9O11. The zero-order chi connectivity index (χ0) is 37.3. The molecule has 1 aromatic rings. The zero-order valence-corrected chi connectivity index (χ0v) is 27.4. The third-order valence-electron chi connectivity index (χ3n) is 6.53. The Balaban J connectivity index is 2.41. The molecule has 0 heterocycles. The lowest BCUT2D eigenvalue weighted by Crippen LogP contribution is -2.54. The second-order valence-corrected chi connectivity index (χ2v) is 10.8. The van der Waals surface area contributed by atoms with Crippen LogP contribution in [0.4, 0.5) is 0 Å². The van der Waals surface area contributed by atoms with Gasteiger partial charge in [-0.15, -0.1) is 0 Å². The first-order chi connectivity index (χ1) is 22.9. The average Bonchev–Trinajstić information content (AvgIpc) is 3.04. The molecule has 270 valence electrons. The van der Waals surface area contributed by atoms with Gasteiger partial charge in [-0.3, -0.25) is 38.4 Å². The molecule has 8 amide bonds. The number of carboxylic acid groups (broad SMARTS) is 1. The summed E-state index contributed by atoms with van der Waals surface area (Å²) >= 11 is 0. The van der Waals surface area contributed by atoms with E-state index in [0.717, 1.165) is 0 Å². The monoisotopic (exact) mass is 693 g/mol. The fourth-order valence-corrected chi connectivity index (χ4v) is 3.76. The molecule has 0 bridgehead atoms. The van der Waals surface area contributed by atoms with Gasteiger partial charge in [0.15, 0.2) is 0 Å². The lowest BCUT2D eigenvalue weighted by Gasteiger charge is -2.19. The average molecular weight is 694 g/mol. The molecule has 12 N–H and O–H groups in total. The van der Waals surface area contributed by atoms with Crippen molar-refractivity contribution >= 4 is 53.2 Å². The second-order valence-electron chi connectivity index (χ2n) is 10.8. The van der Waals surface area contributed by atoms with Gasteiger partial charge < -0.3 is 58.5 Å². The lowest BCUT2D eigenvalue weighted by molar-refractivity contribution is -0.141. The minimum Gasteiger partial charge on any atom is -0.508 e. The van der Waals surface area contributed by atoms with Crippen LogP contribution in [0.2, 0.25) is 0 Å². The summed E-state index contributed by atoms with van der Waals surface area (Å²) < 4.78 is 0. The van der Waals surface area contributed by atoms with E-state index in [4.69, 9.17) is 5.73 Å². The van der Waals surface area contributed by atoms with E-state index in [1.807, 2.05) is 0 Å². The molecule has 49 heavy (non-hydrogen) atoms. The lowest BCUT2D eigenvalue weighted by atomic mass is 10.1. The van der Waals surface area contributed by atoms with Crippen molar-refractivity contribution in [2.24, 2.45) is 5.73 Å². The summed E-state index contributed by atoms with van der Waals surface area (Å²) in [6.45, 7) is 3.36. The zero-order valence-electron chi connectivity index (χ0n) is 27.4. The summed E-state index contributed by atoms with van der Waals surface area (Å²) in [6, 6.07) is 0.0500. The number of carboxylic acids is 1. The molecule has 0 saturated heterocycles. The highest BCUT2D eigenvalue weighted by Crippen LogP contribution is 2.11. The van der Waals surface area contributed by atoms with Crippen molar-refractivity contribution in [3.63, 3.8) is 0 Å². The van der Waals surface area contributed by atoms with Crippen molar-refractivity contribution in [3.8, 4) is 5.75 Å². The third-order valence-corrected chi connectivity index (χ3v) is 6.53. The van der Waals surface area contributed by atoms with E-state index in [0.29, 0.717) is 5.56 Å². The summed E-state index contributed by atoms with van der Waals surface area (Å²) in [6.07, 6.45) is -0.0781. The van der Waals surface area contributed by atoms with Crippen LogP contribution in [-0.2, 0) is 49.6 Å². The van der Waals surface area contributed by atoms with E-state index >= 15 is 0 Å². The Morgan fingerprint density at radius 1 is 0.571 bits per heavy atom. The molecule has 1 aromatic carbocycles. The molecule has 0 spiro atoms. The van der Waals surface area contributed by atoms with Crippen molar-refractivity contribution in [1.29, 1.82) is 0 Å². The first kappa shape index (κ1) is 41.2. The molecule has 20 heteroatoms. The number of hydrogen-bond acceptors (Lipinski definition) is 11. The molecule has 0 aliphatic carbocycles. The van der Waals surface area contributed by atoms with E-state index in [1.165, 1.54) is 52.0 Å². The Kier molecular flexibility index (Phi) is 17.2. The number of hydrogen-bond donors (Lipinski definition) is 11. The minimum atomic E-state index is -1.31. The van der Waals surface area contributed by atoms with Gasteiger partial charge in [-0.05, 0) is 45.4 Å². The number of nitrogens with two attached hydrogens (primary N) is 1. The van der Waals surface area contributed by atoms with Crippen LogP contribution in [0.3, 0.4) is 0 Å². The summed E-state index contributed by atoms with van der Waals surface area (Å²) in [5.74, 6) is -7.14. The van der Waals surface area contributed by atoms with Crippen molar-refractivity contribution in [2.45, 2.75) is 64.3 Å². The van der Waals surface area contributed by atoms with Gasteiger partial charge in [-0.2, -0.15) is 0 Å². The number of carbonyl (C=O) groups is 9. The van der Waals surface area contributed by atoms with Crippen molar-refractivity contribution < 1.29 is 53.4 Å². The number of benzene rings is 1. The highest BCUT2D eigenvalue weighted by molar-refractivity contribution is 5.95. The van der Waals surface area contributed by atoms with E-state index in [-0.39, 0.29) is 18.7 Å². The Bertz CT molecular complexity index is 1390. The van der Waals surface area contributed by atoms with Crippen LogP contribution in [-0.4, -0.2) is 120 Å². The summed E-state index contributed by atoms with van der Waals surface area (Å²) in [7, 11) is 0. The third kappa shape index (κ3) is 16.0. The molecule has 0 aliphatic heterocycles. The van der Waals surface area contributed by atoms with Crippen LogP contribution in [0.15, 0.2) is 24.3 Å². The maximum atomic E-state index is 12.5. The smallest absolute Gasteiger partial charge is 0.326 e. The predicted molar refractivity (Wildman–Crippen MR) is 170 cm³/mol. The molecule has 0 unspecified atom stereocenters. The first-order valence-corrected chi connectivity index (χ1v) is 14.9. The second kappa shape index (κ2) is 20.4. The van der Waals surface area contributed by atoms with Crippen LogP contribution in [0.5, 0.6) is 5.75 Å². The first-order valence-electron chi connectivity index (χ1n) is 14.9. The maximum Gasteiger partial charge on any atom is 0.326 e. The quantitative estimate of drug-likeness (QED) is 0.0648. The van der Waals surface area contributed by atoms with E-state index in [2.05, 4.69) is 42.5 Å². The number of nitrogens with one attached hydrogen (secondary N) is 8. The Hall–Kier alpha value is -5.79. The Morgan fingerprint density at radius 3 is 1.35 bits per heavy atom. The number of phenolic OH excluding ortho intramolecular Hbond substituents is 1. The molecular weight excluding hydrogens is 650 g/mol. The number of carbonyl (C=O) groups excluding carboxylic acids is 8. The largest absolute Gasteiger partial charge is 0.508 e. The highest BCUT2D eigenvalue weighted by Gasteiger charge is 2.24. The topological polar surface area (TPSA) is 316 Å². The fraction of sp³-hybridized carbons (Fsp3) is 0.483. The van der Waals surface area contributed by atoms with Crippen molar-refractivity contribution in [1.82, 2.24) is 42.5 Å². The number of phenols is 1. The van der Waals surface area contributed by atoms with Crippen LogP contribution >= 0.6 is 0 Å². The normalized spacial score (nSPS) is 13.5. The van der Waals surface area contributed by atoms with Crippen LogP contribution in [0.25, 0.3) is 0 Å². The summed E-state index contributed by atoms with van der Waals surface area (Å²) in [5, 5.41) is 37.2. The van der Waals surface area contributed by atoms with Gasteiger partial charge in [0, 0.05) is 6.42 Å². The Labute approximate surface area is 281 Å². The highest BCUT2D eigenvalue weighted by atomic mass is 16.4. The Morgan fingerprint density at radius 2 is 0.939 bits per heavy atom. The number of rotatable bonds is 19. The van der Waals surface area contributed by atoms with Crippen LogP contribution in [0, 0.1) is 0 Å². The standard InChI is InChI=1S/C29H43N9O11/c1-14(34-21(40)10-30)25(44)31-11-22(41)35-15(2)26(45)32-12-23(42)36-17(4)28(47)37-16(3)27(46)33-13-24(43)38-20(29(48)49)9-18-5-7-19(39)8-6-18/h5-8,14-17,20,39H,9-13,30H2,1-4H3,(H,31,44)(H,32,45)(H,33,46)(H,34,40)(H,35,41)(H,36,42)(H,37,47)(H,38,43)(H,48,49)/t14-,15-,16-,17-,20-/m0/s1. The molecule has 0 saturated carbocycles. The number of amides is 8. The van der Waals surface area contributed by atoms with Gasteiger partial charge in [0.05, 0.1) is 26.2 Å². The molecule has 0 radical (unpaired) electrons. The van der Waals surface area contributed by atoms with E-state index < -0.39 is 103 Å². The molecule has 5 atom stereocenters. The fourth-order valence-electron chi connectivity index (χ4n) is 3.76. The van der Waals surface area contributed by atoms with Gasteiger partial charge in [0.2, 0.25) is 47.3 Å². The van der Waals surface area contributed by atoms with E-state index in [9.17, 15) is 53.4 Å².